The van der Waals surface area contributed by atoms with E-state index in [0.717, 1.165) is 25.7 Å². The summed E-state index contributed by atoms with van der Waals surface area (Å²) in [5.41, 5.74) is 7.54. The molecule has 0 atom stereocenters. The number of aliphatic hydroxyl groups excluding tert-OH is 1. The molecule has 1 aliphatic carbocycles. The Kier molecular flexibility index (Phi) is 4.65. The van der Waals surface area contributed by atoms with Gasteiger partial charge in [0, 0.05) is 13.1 Å². The van der Waals surface area contributed by atoms with Crippen molar-refractivity contribution in [3.8, 4) is 0 Å². The van der Waals surface area contributed by atoms with Gasteiger partial charge in [0.2, 0.25) is 0 Å². The predicted octanol–water partition coefficient (Wildman–Crippen LogP) is 1.07. The van der Waals surface area contributed by atoms with Crippen LogP contribution in [0.1, 0.15) is 48.8 Å². The molecule has 4 N–H and O–H groups in total. The number of nitrogens with one attached hydrogen (secondary N) is 1. The molecule has 1 aromatic rings. The van der Waals surface area contributed by atoms with E-state index < -0.39 is 0 Å². The highest BCUT2D eigenvalue weighted by molar-refractivity contribution is 5.97. The fourth-order valence-corrected chi connectivity index (χ4v) is 2.73. The Morgan fingerprint density at radius 1 is 1.45 bits per heavy atom. The van der Waals surface area contributed by atoms with Crippen LogP contribution in [0, 0.1) is 12.8 Å². The normalized spacial score (nSPS) is 22.8. The third kappa shape index (κ3) is 3.12. The Labute approximate surface area is 119 Å². The third-order valence-corrected chi connectivity index (χ3v) is 4.06. The minimum atomic E-state index is -0.165. The van der Waals surface area contributed by atoms with Gasteiger partial charge in [-0.25, -0.2) is 0 Å². The molecule has 0 bridgehead atoms. The number of hydrogen-bond acceptors (Lipinski definition) is 4. The van der Waals surface area contributed by atoms with Crippen LogP contribution in [0.2, 0.25) is 0 Å². The Morgan fingerprint density at radius 2 is 2.10 bits per heavy atom. The van der Waals surface area contributed by atoms with Crippen LogP contribution in [0.4, 0.5) is 5.69 Å². The molecule has 0 radical (unpaired) electrons. The number of aromatic nitrogens is 2. The quantitative estimate of drug-likeness (QED) is 0.769. The van der Waals surface area contributed by atoms with E-state index in [9.17, 15) is 9.90 Å². The molecular formula is C14H24N4O2. The maximum absolute atomic E-state index is 12.3. The maximum Gasteiger partial charge on any atom is 0.271 e. The Balaban J connectivity index is 1.95. The summed E-state index contributed by atoms with van der Waals surface area (Å²) in [6.07, 6.45) is 3.41. The van der Waals surface area contributed by atoms with Gasteiger partial charge in [-0.15, -0.1) is 0 Å². The number of carbonyl (C=O) groups excluding carboxylic acids is 1. The molecule has 112 valence electrons. The molecule has 1 amide bonds. The van der Waals surface area contributed by atoms with Crippen LogP contribution in [0.5, 0.6) is 0 Å². The second-order valence-electron chi connectivity index (χ2n) is 5.55. The fraction of sp³-hybridized carbons (Fsp3) is 0.714. The minimum Gasteiger partial charge on any atom is -0.395 e. The van der Waals surface area contributed by atoms with Crippen LogP contribution in [-0.4, -0.2) is 33.4 Å². The van der Waals surface area contributed by atoms with Crippen LogP contribution in [-0.2, 0) is 6.54 Å². The predicted molar refractivity (Wildman–Crippen MR) is 77.3 cm³/mol. The van der Waals surface area contributed by atoms with Crippen LogP contribution in [0.15, 0.2) is 0 Å². The molecule has 0 unspecified atom stereocenters. The van der Waals surface area contributed by atoms with Gasteiger partial charge >= 0.3 is 0 Å². The topological polar surface area (TPSA) is 93.2 Å². The van der Waals surface area contributed by atoms with E-state index in [1.165, 1.54) is 0 Å². The lowest BCUT2D eigenvalue weighted by molar-refractivity contribution is 0.0902. The van der Waals surface area contributed by atoms with Crippen molar-refractivity contribution in [1.29, 1.82) is 0 Å². The number of nitrogen functional groups attached to an aromatic ring is 1. The zero-order valence-corrected chi connectivity index (χ0v) is 12.2. The summed E-state index contributed by atoms with van der Waals surface area (Å²) < 4.78 is 1.64. The SMILES string of the molecule is CCn1nc(C)c(N)c1C(=O)NCC1CCC(O)CC1. The molecule has 0 saturated heterocycles. The molecule has 0 spiro atoms. The Morgan fingerprint density at radius 3 is 2.70 bits per heavy atom. The van der Waals surface area contributed by atoms with E-state index in [0.29, 0.717) is 36.1 Å². The molecule has 1 aromatic heterocycles. The molecule has 1 heterocycles. The van der Waals surface area contributed by atoms with Crippen molar-refractivity contribution in [2.24, 2.45) is 5.92 Å². The number of carbonyl (C=O) groups is 1. The second kappa shape index (κ2) is 6.26. The minimum absolute atomic E-state index is 0.156. The first kappa shape index (κ1) is 14.8. The number of hydrogen-bond donors (Lipinski definition) is 3. The van der Waals surface area contributed by atoms with E-state index in [-0.39, 0.29) is 12.0 Å². The average molecular weight is 280 g/mol. The first-order chi connectivity index (χ1) is 9.52. The van der Waals surface area contributed by atoms with Gasteiger partial charge in [0.25, 0.3) is 5.91 Å². The summed E-state index contributed by atoms with van der Waals surface area (Å²) in [5, 5.41) is 16.7. The van der Waals surface area contributed by atoms with E-state index >= 15 is 0 Å². The molecule has 6 heteroatoms. The monoisotopic (exact) mass is 280 g/mol. The number of aryl methyl sites for hydroxylation is 2. The first-order valence-corrected chi connectivity index (χ1v) is 7.32. The summed E-state index contributed by atoms with van der Waals surface area (Å²) in [5.74, 6) is 0.291. The van der Waals surface area contributed by atoms with Crippen molar-refractivity contribution in [1.82, 2.24) is 15.1 Å². The van der Waals surface area contributed by atoms with Crippen molar-refractivity contribution in [2.45, 2.75) is 52.2 Å². The lowest BCUT2D eigenvalue weighted by Crippen LogP contribution is -2.33. The summed E-state index contributed by atoms with van der Waals surface area (Å²) in [6, 6.07) is 0. The van der Waals surface area contributed by atoms with Crippen molar-refractivity contribution >= 4 is 11.6 Å². The van der Waals surface area contributed by atoms with Gasteiger partial charge < -0.3 is 16.2 Å². The molecule has 1 saturated carbocycles. The zero-order chi connectivity index (χ0) is 14.7. The summed E-state index contributed by atoms with van der Waals surface area (Å²) in [6.45, 7) is 5.00. The van der Waals surface area contributed by atoms with E-state index in [2.05, 4.69) is 10.4 Å². The Hall–Kier alpha value is -1.56. The average Bonchev–Trinajstić information content (AvgIpc) is 2.73. The zero-order valence-electron chi connectivity index (χ0n) is 12.2. The standard InChI is InChI=1S/C14H24N4O2/c1-3-18-13(12(15)9(2)17-18)14(20)16-8-10-4-6-11(19)7-5-10/h10-11,19H,3-8,15H2,1-2H3,(H,16,20). The smallest absolute Gasteiger partial charge is 0.271 e. The van der Waals surface area contributed by atoms with E-state index in [1.54, 1.807) is 11.6 Å². The van der Waals surface area contributed by atoms with Gasteiger partial charge in [-0.3, -0.25) is 9.48 Å². The van der Waals surface area contributed by atoms with Gasteiger partial charge in [0.1, 0.15) is 5.69 Å². The molecule has 0 aromatic carbocycles. The fourth-order valence-electron chi connectivity index (χ4n) is 2.73. The Bertz CT molecular complexity index is 476. The number of nitrogens with two attached hydrogens (primary N) is 1. The molecular weight excluding hydrogens is 256 g/mol. The van der Waals surface area contributed by atoms with Crippen LogP contribution < -0.4 is 11.1 Å². The second-order valence-corrected chi connectivity index (χ2v) is 5.55. The number of rotatable bonds is 4. The lowest BCUT2D eigenvalue weighted by Gasteiger charge is -2.25. The molecule has 0 aliphatic heterocycles. The van der Waals surface area contributed by atoms with Gasteiger partial charge in [-0.2, -0.15) is 5.10 Å². The van der Waals surface area contributed by atoms with Gasteiger partial charge in [0.05, 0.1) is 17.5 Å². The maximum atomic E-state index is 12.3. The molecule has 20 heavy (non-hydrogen) atoms. The van der Waals surface area contributed by atoms with E-state index in [1.807, 2.05) is 6.92 Å². The summed E-state index contributed by atoms with van der Waals surface area (Å²) >= 11 is 0. The van der Waals surface area contributed by atoms with Gasteiger partial charge in [-0.1, -0.05) is 0 Å². The molecule has 1 aliphatic rings. The van der Waals surface area contributed by atoms with Gasteiger partial charge in [0.15, 0.2) is 0 Å². The third-order valence-electron chi connectivity index (χ3n) is 4.06. The van der Waals surface area contributed by atoms with Crippen LogP contribution in [0.3, 0.4) is 0 Å². The lowest BCUT2D eigenvalue weighted by atomic mass is 9.87. The molecule has 2 rings (SSSR count). The highest BCUT2D eigenvalue weighted by Gasteiger charge is 2.22. The summed E-state index contributed by atoms with van der Waals surface area (Å²) in [4.78, 5) is 12.3. The number of aliphatic hydroxyl groups is 1. The van der Waals surface area contributed by atoms with Crippen molar-refractivity contribution in [3.63, 3.8) is 0 Å². The van der Waals surface area contributed by atoms with Crippen LogP contribution in [0.25, 0.3) is 0 Å². The highest BCUT2D eigenvalue weighted by atomic mass is 16.3. The first-order valence-electron chi connectivity index (χ1n) is 7.32. The van der Waals surface area contributed by atoms with Crippen LogP contribution >= 0.6 is 0 Å². The highest BCUT2D eigenvalue weighted by Crippen LogP contribution is 2.23. The van der Waals surface area contributed by atoms with Crippen molar-refractivity contribution < 1.29 is 9.90 Å². The van der Waals surface area contributed by atoms with Crippen molar-refractivity contribution in [2.75, 3.05) is 12.3 Å². The van der Waals surface area contributed by atoms with Crippen molar-refractivity contribution in [3.05, 3.63) is 11.4 Å². The number of amides is 1. The van der Waals surface area contributed by atoms with Gasteiger partial charge in [-0.05, 0) is 45.4 Å². The number of anilines is 1. The molecule has 6 nitrogen and oxygen atoms in total. The summed E-state index contributed by atoms with van der Waals surface area (Å²) in [7, 11) is 0. The van der Waals surface area contributed by atoms with E-state index in [4.69, 9.17) is 5.73 Å². The largest absolute Gasteiger partial charge is 0.395 e. The number of nitrogens with zero attached hydrogens (tertiary/aromatic N) is 2. The molecule has 1 fully saturated rings.